The van der Waals surface area contributed by atoms with Gasteiger partial charge in [0.1, 0.15) is 0 Å². The van der Waals surface area contributed by atoms with Crippen molar-refractivity contribution < 1.29 is 14.7 Å². The van der Waals surface area contributed by atoms with Crippen LogP contribution in [0.2, 0.25) is 10.0 Å². The van der Waals surface area contributed by atoms with Gasteiger partial charge in [-0.05, 0) is 111 Å². The van der Waals surface area contributed by atoms with Crippen molar-refractivity contribution in [3.63, 3.8) is 0 Å². The smallest absolute Gasteiger partial charge is 0.356 e. The lowest BCUT2D eigenvalue weighted by Crippen LogP contribution is -2.37. The highest BCUT2D eigenvalue weighted by Gasteiger charge is 2.28. The molecule has 15 nitrogen and oxygen atoms in total. The molecule has 0 aliphatic carbocycles. The maximum absolute atomic E-state index is 12.7. The molecule has 61 heavy (non-hydrogen) atoms. The Hall–Kier alpha value is -6.68. The van der Waals surface area contributed by atoms with Gasteiger partial charge in [0.05, 0.1) is 22.4 Å². The summed E-state index contributed by atoms with van der Waals surface area (Å²) >= 11 is 11.7. The number of hydrogen-bond donors (Lipinski definition) is 3. The Morgan fingerprint density at radius 2 is 1.15 bits per heavy atom. The van der Waals surface area contributed by atoms with Crippen LogP contribution in [0.25, 0.3) is 22.4 Å². The number of carbonyl (C=O) groups is 2. The topological polar surface area (TPSA) is 169 Å². The van der Waals surface area contributed by atoms with Crippen LogP contribution in [0.1, 0.15) is 44.9 Å². The summed E-state index contributed by atoms with van der Waals surface area (Å²) in [6, 6.07) is 22.0. The number of aromatic nitrogens is 8. The zero-order valence-electron chi connectivity index (χ0n) is 33.5. The van der Waals surface area contributed by atoms with Crippen LogP contribution < -0.4 is 20.9 Å². The number of amides is 1. The average Bonchev–Trinajstić information content (AvgIpc) is 4.13. The SMILES string of the molecule is Cc1ccn2ccnc(N3CCC(NC(=O)c4ccn(-c5ccc(Cl)cc5)n4)C3)c12.Cc1ccn2ccnc(N3CC[C@H](N)C3)c12.O=C(O)c1ccn(-c2ccc(Cl)cc2)n1. The molecule has 0 radical (unpaired) electrons. The average molecular weight is 860 g/mol. The largest absolute Gasteiger partial charge is 0.476 e. The Morgan fingerprint density at radius 3 is 1.64 bits per heavy atom. The van der Waals surface area contributed by atoms with Gasteiger partial charge in [0.2, 0.25) is 0 Å². The number of fused-ring (bicyclic) bond motifs is 2. The molecular weight excluding hydrogens is 815 g/mol. The van der Waals surface area contributed by atoms with Crippen molar-refractivity contribution in [2.75, 3.05) is 36.0 Å². The van der Waals surface area contributed by atoms with Crippen LogP contribution in [-0.4, -0.2) is 93.6 Å². The molecule has 1 unspecified atom stereocenters. The lowest BCUT2D eigenvalue weighted by Gasteiger charge is -2.19. The second-order valence-corrected chi connectivity index (χ2v) is 15.8. The molecular formula is C44H44Cl2N12O3. The number of rotatable bonds is 7. The first-order valence-electron chi connectivity index (χ1n) is 19.8. The molecule has 0 spiro atoms. The number of nitrogens with zero attached hydrogens (tertiary/aromatic N) is 10. The van der Waals surface area contributed by atoms with Crippen molar-refractivity contribution in [1.82, 2.24) is 43.6 Å². The minimum Gasteiger partial charge on any atom is -0.476 e. The van der Waals surface area contributed by atoms with E-state index in [0.717, 1.165) is 67.5 Å². The van der Waals surface area contributed by atoms with E-state index in [1.54, 1.807) is 59.5 Å². The molecule has 8 aromatic rings. The minimum absolute atomic E-state index is 0.0185. The maximum atomic E-state index is 12.7. The summed E-state index contributed by atoms with van der Waals surface area (Å²) in [5.41, 5.74) is 12.8. The predicted octanol–water partition coefficient (Wildman–Crippen LogP) is 6.89. The predicted molar refractivity (Wildman–Crippen MR) is 237 cm³/mol. The molecule has 4 N–H and O–H groups in total. The second kappa shape index (κ2) is 17.9. The van der Waals surface area contributed by atoms with Crippen molar-refractivity contribution in [3.8, 4) is 11.4 Å². The standard InChI is InChI=1S/C22H21ClN6O.C12H16N4.C10H7ClN2O2/c1-15-6-10-27-13-9-24-21(20(15)27)28-11-7-17(14-28)25-22(30)19-8-12-29(26-19)18-4-2-16(23)3-5-18;1-9-2-5-15-7-4-14-12(11(9)15)16-6-3-10(13)8-16;11-7-1-3-8(4-2-7)13-6-5-9(12-13)10(14)15/h2-6,8-10,12-13,17H,7,11,14H2,1H3,(H,25,30);2,4-5,7,10H,3,6,8,13H2,1H3;1-6H,(H,14,15)/t;10-;/m.0./s1. The van der Waals surface area contributed by atoms with Gasteiger partial charge in [-0.2, -0.15) is 10.2 Å². The fraction of sp³-hybridized carbons (Fsp3) is 0.227. The number of anilines is 2. The fourth-order valence-electron chi connectivity index (χ4n) is 7.53. The lowest BCUT2D eigenvalue weighted by atomic mass is 10.2. The molecule has 2 aromatic carbocycles. The number of hydrogen-bond acceptors (Lipinski definition) is 9. The maximum Gasteiger partial charge on any atom is 0.356 e. The molecule has 10 rings (SSSR count). The van der Waals surface area contributed by atoms with Crippen molar-refractivity contribution >= 4 is 57.7 Å². The van der Waals surface area contributed by atoms with Crippen LogP contribution in [-0.2, 0) is 0 Å². The molecule has 312 valence electrons. The highest BCUT2D eigenvalue weighted by Crippen LogP contribution is 2.27. The van der Waals surface area contributed by atoms with Gasteiger partial charge in [-0.15, -0.1) is 0 Å². The molecule has 2 saturated heterocycles. The number of carboxylic acid groups (broad SMARTS) is 1. The zero-order chi connectivity index (χ0) is 42.6. The third kappa shape index (κ3) is 9.23. The van der Waals surface area contributed by atoms with E-state index in [4.69, 9.17) is 34.0 Å². The fourth-order valence-corrected chi connectivity index (χ4v) is 7.79. The molecule has 1 amide bonds. The Labute approximate surface area is 361 Å². The van der Waals surface area contributed by atoms with E-state index in [0.29, 0.717) is 15.7 Å². The van der Waals surface area contributed by atoms with Gasteiger partial charge >= 0.3 is 5.97 Å². The highest BCUT2D eigenvalue weighted by atomic mass is 35.5. The van der Waals surface area contributed by atoms with Crippen LogP contribution in [0, 0.1) is 13.8 Å². The van der Waals surface area contributed by atoms with Crippen LogP contribution in [0.15, 0.2) is 122 Å². The van der Waals surface area contributed by atoms with Gasteiger partial charge in [-0.25, -0.2) is 24.1 Å². The van der Waals surface area contributed by atoms with Crippen LogP contribution in [0.3, 0.4) is 0 Å². The molecule has 2 atom stereocenters. The Morgan fingerprint density at radius 1 is 0.656 bits per heavy atom. The van der Waals surface area contributed by atoms with E-state index in [1.807, 2.05) is 43.1 Å². The normalized spacial score (nSPS) is 16.0. The highest BCUT2D eigenvalue weighted by molar-refractivity contribution is 6.30. The summed E-state index contributed by atoms with van der Waals surface area (Å²) in [6.07, 6.45) is 17.0. The summed E-state index contributed by atoms with van der Waals surface area (Å²) in [7, 11) is 0. The Kier molecular flexibility index (Phi) is 12.0. The first kappa shape index (κ1) is 41.1. The van der Waals surface area contributed by atoms with Gasteiger partial charge in [0.25, 0.3) is 5.91 Å². The number of carbonyl (C=O) groups excluding carboxylic acids is 1. The number of aromatic carboxylic acids is 1. The summed E-state index contributed by atoms with van der Waals surface area (Å²) in [4.78, 5) is 37.0. The van der Waals surface area contributed by atoms with Crippen molar-refractivity contribution in [2.24, 2.45) is 5.73 Å². The monoisotopic (exact) mass is 858 g/mol. The molecule has 0 saturated carbocycles. The summed E-state index contributed by atoms with van der Waals surface area (Å²) in [5.74, 6) is 0.823. The lowest BCUT2D eigenvalue weighted by molar-refractivity contribution is 0.0689. The molecule has 0 bridgehead atoms. The second-order valence-electron chi connectivity index (χ2n) is 15.0. The first-order valence-corrected chi connectivity index (χ1v) is 20.5. The van der Waals surface area contributed by atoms with Crippen LogP contribution in [0.4, 0.5) is 11.6 Å². The number of carboxylic acids is 1. The van der Waals surface area contributed by atoms with E-state index in [9.17, 15) is 9.59 Å². The first-order chi connectivity index (χ1) is 29.5. The number of nitrogens with two attached hydrogens (primary N) is 1. The third-order valence-electron chi connectivity index (χ3n) is 10.7. The van der Waals surface area contributed by atoms with Crippen LogP contribution in [0.5, 0.6) is 0 Å². The van der Waals surface area contributed by atoms with E-state index >= 15 is 0 Å². The number of nitrogens with one attached hydrogen (secondary N) is 1. The molecule has 2 fully saturated rings. The molecule has 8 heterocycles. The van der Waals surface area contributed by atoms with Crippen molar-refractivity contribution in [3.05, 3.63) is 155 Å². The van der Waals surface area contributed by atoms with E-state index in [-0.39, 0.29) is 23.7 Å². The molecule has 2 aliphatic rings. The number of aryl methyl sites for hydroxylation is 2. The van der Waals surface area contributed by atoms with Crippen LogP contribution >= 0.6 is 23.2 Å². The van der Waals surface area contributed by atoms with Gasteiger partial charge in [-0.3, -0.25) is 4.79 Å². The van der Waals surface area contributed by atoms with Crippen molar-refractivity contribution in [2.45, 2.75) is 38.8 Å². The summed E-state index contributed by atoms with van der Waals surface area (Å²) in [6.45, 7) is 7.71. The van der Waals surface area contributed by atoms with Gasteiger partial charge in [0.15, 0.2) is 23.0 Å². The van der Waals surface area contributed by atoms with Crippen molar-refractivity contribution in [1.29, 1.82) is 0 Å². The quantitative estimate of drug-likeness (QED) is 0.153. The Balaban J connectivity index is 0.000000139. The number of halogens is 2. The van der Waals surface area contributed by atoms with E-state index in [2.05, 4.69) is 76.3 Å². The summed E-state index contributed by atoms with van der Waals surface area (Å²) < 4.78 is 7.38. The third-order valence-corrected chi connectivity index (χ3v) is 11.2. The van der Waals surface area contributed by atoms with E-state index < -0.39 is 5.97 Å². The van der Waals surface area contributed by atoms with Gasteiger partial charge < -0.3 is 34.8 Å². The van der Waals surface area contributed by atoms with Gasteiger partial charge in [-0.1, -0.05) is 23.2 Å². The Bertz CT molecular complexity index is 2790. The zero-order valence-corrected chi connectivity index (χ0v) is 35.0. The minimum atomic E-state index is -1.04. The van der Waals surface area contributed by atoms with E-state index in [1.165, 1.54) is 27.4 Å². The van der Waals surface area contributed by atoms with Gasteiger partial charge in [0, 0.05) is 97.9 Å². The molecule has 2 aliphatic heterocycles. The number of benzene rings is 2. The summed E-state index contributed by atoms with van der Waals surface area (Å²) in [5, 5.41) is 21.4. The molecule has 6 aromatic heterocycles. The molecule has 17 heteroatoms.